The van der Waals surface area contributed by atoms with Gasteiger partial charge in [-0.1, -0.05) is 13.0 Å². The quantitative estimate of drug-likeness (QED) is 0.894. The van der Waals surface area contributed by atoms with Crippen LogP contribution in [0.2, 0.25) is 0 Å². The van der Waals surface area contributed by atoms with E-state index in [0.29, 0.717) is 31.5 Å². The molecule has 138 valence electrons. The Bertz CT molecular complexity index is 567. The Labute approximate surface area is 154 Å². The molecule has 0 bridgehead atoms. The summed E-state index contributed by atoms with van der Waals surface area (Å²) in [6.45, 7) is 6.08. The number of thiophene rings is 1. The van der Waals surface area contributed by atoms with Gasteiger partial charge in [-0.15, -0.1) is 11.3 Å². The third-order valence-electron chi connectivity index (χ3n) is 5.33. The highest BCUT2D eigenvalue weighted by Crippen LogP contribution is 2.23. The van der Waals surface area contributed by atoms with E-state index in [4.69, 9.17) is 0 Å². The number of nitrogens with zero attached hydrogens (tertiary/aromatic N) is 2. The molecule has 0 aromatic carbocycles. The zero-order valence-corrected chi connectivity index (χ0v) is 15.9. The summed E-state index contributed by atoms with van der Waals surface area (Å²) in [5.41, 5.74) is 0. The van der Waals surface area contributed by atoms with Crippen LogP contribution in [0.15, 0.2) is 17.5 Å². The van der Waals surface area contributed by atoms with Gasteiger partial charge in [0, 0.05) is 43.5 Å². The molecule has 1 N–H and O–H groups in total. The van der Waals surface area contributed by atoms with Crippen molar-refractivity contribution in [1.29, 1.82) is 0 Å². The molecule has 25 heavy (non-hydrogen) atoms. The van der Waals surface area contributed by atoms with E-state index in [1.54, 1.807) is 11.3 Å². The molecular formula is C19H29N3O2S. The summed E-state index contributed by atoms with van der Waals surface area (Å²) in [5.74, 6) is 1.02. The lowest BCUT2D eigenvalue weighted by Crippen LogP contribution is -2.49. The lowest BCUT2D eigenvalue weighted by atomic mass is 9.93. The number of urea groups is 1. The number of carbonyl (C=O) groups is 2. The molecule has 1 unspecified atom stereocenters. The third-order valence-corrected chi connectivity index (χ3v) is 6.26. The molecular weight excluding hydrogens is 334 g/mol. The van der Waals surface area contributed by atoms with Crippen molar-refractivity contribution in [3.8, 4) is 0 Å². The van der Waals surface area contributed by atoms with Crippen LogP contribution in [0.3, 0.4) is 0 Å². The lowest BCUT2D eigenvalue weighted by molar-refractivity contribution is -0.138. The maximum Gasteiger partial charge on any atom is 0.317 e. The van der Waals surface area contributed by atoms with Gasteiger partial charge in [-0.25, -0.2) is 4.79 Å². The van der Waals surface area contributed by atoms with Crippen molar-refractivity contribution in [2.45, 2.75) is 39.0 Å². The molecule has 2 aliphatic rings. The number of hydrogen-bond donors (Lipinski definition) is 1. The molecule has 1 atom stereocenters. The lowest BCUT2D eigenvalue weighted by Gasteiger charge is -2.37. The SMILES string of the molecule is CC1CCCN(C(=O)C2CCN(C(=O)NCCc3cccs3)CC2)C1. The minimum absolute atomic E-state index is 0.00838. The molecule has 3 rings (SSSR count). The predicted octanol–water partition coefficient (Wildman–Crippen LogP) is 2.97. The van der Waals surface area contributed by atoms with Gasteiger partial charge in [-0.3, -0.25) is 4.79 Å². The van der Waals surface area contributed by atoms with Crippen LogP contribution < -0.4 is 5.32 Å². The van der Waals surface area contributed by atoms with Gasteiger partial charge >= 0.3 is 6.03 Å². The minimum Gasteiger partial charge on any atom is -0.342 e. The van der Waals surface area contributed by atoms with Crippen molar-refractivity contribution < 1.29 is 9.59 Å². The zero-order chi connectivity index (χ0) is 17.6. The molecule has 5 nitrogen and oxygen atoms in total. The van der Waals surface area contributed by atoms with Crippen LogP contribution in [0.1, 0.15) is 37.5 Å². The summed E-state index contributed by atoms with van der Waals surface area (Å²) in [6.07, 6.45) is 4.82. The Morgan fingerprint density at radius 2 is 2.00 bits per heavy atom. The van der Waals surface area contributed by atoms with Crippen LogP contribution in [0, 0.1) is 11.8 Å². The van der Waals surface area contributed by atoms with Gasteiger partial charge < -0.3 is 15.1 Å². The Balaban J connectivity index is 1.38. The molecule has 1 aromatic heterocycles. The van der Waals surface area contributed by atoms with Crippen LogP contribution >= 0.6 is 11.3 Å². The van der Waals surface area contributed by atoms with Crippen molar-refractivity contribution in [2.24, 2.45) is 11.8 Å². The topological polar surface area (TPSA) is 52.7 Å². The van der Waals surface area contributed by atoms with Crippen LogP contribution in [0.25, 0.3) is 0 Å². The van der Waals surface area contributed by atoms with Gasteiger partial charge in [-0.2, -0.15) is 0 Å². The van der Waals surface area contributed by atoms with Crippen LogP contribution in [-0.2, 0) is 11.2 Å². The average molecular weight is 364 g/mol. The monoisotopic (exact) mass is 363 g/mol. The summed E-state index contributed by atoms with van der Waals surface area (Å²) >= 11 is 1.72. The standard InChI is InChI=1S/C19H29N3O2S/c1-15-4-2-10-22(14-15)18(23)16-7-11-21(12-8-16)19(24)20-9-6-17-5-3-13-25-17/h3,5,13,15-16H,2,4,6-12,14H2,1H3,(H,20,24). The van der Waals surface area contributed by atoms with Gasteiger partial charge in [0.25, 0.3) is 0 Å². The Kier molecular flexibility index (Phi) is 6.34. The van der Waals surface area contributed by atoms with Crippen molar-refractivity contribution >= 4 is 23.3 Å². The second-order valence-corrected chi connectivity index (χ2v) is 8.39. The fourth-order valence-electron chi connectivity index (χ4n) is 3.84. The summed E-state index contributed by atoms with van der Waals surface area (Å²) < 4.78 is 0. The Hall–Kier alpha value is -1.56. The Morgan fingerprint density at radius 1 is 1.20 bits per heavy atom. The Morgan fingerprint density at radius 3 is 2.68 bits per heavy atom. The summed E-state index contributed by atoms with van der Waals surface area (Å²) in [7, 11) is 0. The van der Waals surface area contributed by atoms with Gasteiger partial charge in [-0.05, 0) is 49.5 Å². The first-order valence-electron chi connectivity index (χ1n) is 9.47. The molecule has 0 aliphatic carbocycles. The zero-order valence-electron chi connectivity index (χ0n) is 15.1. The molecule has 2 fully saturated rings. The minimum atomic E-state index is 0.00838. The highest BCUT2D eigenvalue weighted by Gasteiger charge is 2.31. The molecule has 2 saturated heterocycles. The van der Waals surface area contributed by atoms with Crippen LogP contribution in [-0.4, -0.2) is 54.5 Å². The smallest absolute Gasteiger partial charge is 0.317 e. The highest BCUT2D eigenvalue weighted by molar-refractivity contribution is 7.09. The molecule has 0 spiro atoms. The van der Waals surface area contributed by atoms with Crippen LogP contribution in [0.4, 0.5) is 4.79 Å². The maximum absolute atomic E-state index is 12.7. The van der Waals surface area contributed by atoms with Gasteiger partial charge in [0.1, 0.15) is 0 Å². The van der Waals surface area contributed by atoms with E-state index in [1.807, 2.05) is 11.0 Å². The van der Waals surface area contributed by atoms with Crippen molar-refractivity contribution in [3.63, 3.8) is 0 Å². The number of carbonyl (C=O) groups excluding carboxylic acids is 2. The third kappa shape index (κ3) is 4.97. The fourth-order valence-corrected chi connectivity index (χ4v) is 4.55. The second-order valence-electron chi connectivity index (χ2n) is 7.35. The molecule has 6 heteroatoms. The summed E-state index contributed by atoms with van der Waals surface area (Å²) in [5, 5.41) is 5.06. The predicted molar refractivity (Wildman–Crippen MR) is 101 cm³/mol. The normalized spacial score (nSPS) is 22.0. The molecule has 3 amide bonds. The van der Waals surface area contributed by atoms with Crippen molar-refractivity contribution in [2.75, 3.05) is 32.7 Å². The molecule has 2 aliphatic heterocycles. The first-order valence-corrected chi connectivity index (χ1v) is 10.4. The van der Waals surface area contributed by atoms with Crippen LogP contribution in [0.5, 0.6) is 0 Å². The summed E-state index contributed by atoms with van der Waals surface area (Å²) in [6, 6.07) is 4.14. The highest BCUT2D eigenvalue weighted by atomic mass is 32.1. The van der Waals surface area contributed by atoms with E-state index in [0.717, 1.165) is 38.8 Å². The first-order chi connectivity index (χ1) is 12.1. The number of nitrogens with one attached hydrogen (secondary N) is 1. The first kappa shape index (κ1) is 18.2. The van der Waals surface area contributed by atoms with Crippen molar-refractivity contribution in [1.82, 2.24) is 15.1 Å². The maximum atomic E-state index is 12.7. The van der Waals surface area contributed by atoms with E-state index >= 15 is 0 Å². The molecule has 1 aromatic rings. The largest absolute Gasteiger partial charge is 0.342 e. The second kappa shape index (κ2) is 8.70. The van der Waals surface area contributed by atoms with E-state index in [2.05, 4.69) is 28.6 Å². The fraction of sp³-hybridized carbons (Fsp3) is 0.684. The van der Waals surface area contributed by atoms with E-state index in [9.17, 15) is 9.59 Å². The number of likely N-dealkylation sites (tertiary alicyclic amines) is 2. The number of piperidine rings is 2. The summed E-state index contributed by atoms with van der Waals surface area (Å²) in [4.78, 5) is 30.2. The van der Waals surface area contributed by atoms with E-state index in [-0.39, 0.29) is 11.9 Å². The average Bonchev–Trinajstić information content (AvgIpc) is 3.14. The van der Waals surface area contributed by atoms with Gasteiger partial charge in [0.15, 0.2) is 0 Å². The molecule has 3 heterocycles. The number of rotatable bonds is 4. The van der Waals surface area contributed by atoms with E-state index < -0.39 is 0 Å². The van der Waals surface area contributed by atoms with Gasteiger partial charge in [0.2, 0.25) is 5.91 Å². The number of hydrogen-bond acceptors (Lipinski definition) is 3. The number of amides is 3. The molecule has 0 saturated carbocycles. The van der Waals surface area contributed by atoms with Gasteiger partial charge in [0.05, 0.1) is 0 Å². The van der Waals surface area contributed by atoms with E-state index in [1.165, 1.54) is 11.3 Å². The molecule has 0 radical (unpaired) electrons. The van der Waals surface area contributed by atoms with Crippen molar-refractivity contribution in [3.05, 3.63) is 22.4 Å².